The van der Waals surface area contributed by atoms with Gasteiger partial charge in [-0.05, 0) is 42.2 Å². The summed E-state index contributed by atoms with van der Waals surface area (Å²) in [6, 6.07) is 14.4. The fourth-order valence-corrected chi connectivity index (χ4v) is 2.56. The standard InChI is InChI=1S/C21H27N3O2/c1-14(2)13-23-21(26)17-9-10-19(15(3)11-17)24-20(25)12-18(22)16-7-5-4-6-8-16/h4-11,14,18H,12-13,22H2,1-3H3,(H,23,26)(H,24,25). The van der Waals surface area contributed by atoms with Crippen molar-refractivity contribution in [1.82, 2.24) is 5.32 Å². The maximum atomic E-state index is 12.3. The summed E-state index contributed by atoms with van der Waals surface area (Å²) in [5.74, 6) is 0.139. The van der Waals surface area contributed by atoms with Crippen LogP contribution in [0.3, 0.4) is 0 Å². The second-order valence-electron chi connectivity index (χ2n) is 6.90. The van der Waals surface area contributed by atoms with E-state index in [0.717, 1.165) is 11.1 Å². The molecule has 0 aliphatic rings. The molecule has 138 valence electrons. The molecule has 26 heavy (non-hydrogen) atoms. The molecule has 0 aliphatic carbocycles. The predicted octanol–water partition coefficient (Wildman–Crippen LogP) is 3.41. The van der Waals surface area contributed by atoms with Gasteiger partial charge in [-0.2, -0.15) is 0 Å². The zero-order valence-corrected chi connectivity index (χ0v) is 15.6. The second kappa shape index (κ2) is 9.15. The molecule has 2 rings (SSSR count). The van der Waals surface area contributed by atoms with Crippen molar-refractivity contribution in [1.29, 1.82) is 0 Å². The summed E-state index contributed by atoms with van der Waals surface area (Å²) in [5, 5.41) is 5.76. The van der Waals surface area contributed by atoms with Gasteiger partial charge in [0.15, 0.2) is 0 Å². The first-order chi connectivity index (χ1) is 12.4. The SMILES string of the molecule is Cc1cc(C(=O)NCC(C)C)ccc1NC(=O)CC(N)c1ccccc1. The van der Waals surface area contributed by atoms with E-state index >= 15 is 0 Å². The topological polar surface area (TPSA) is 84.2 Å². The van der Waals surface area contributed by atoms with Gasteiger partial charge in [-0.15, -0.1) is 0 Å². The third kappa shape index (κ3) is 5.70. The first-order valence-corrected chi connectivity index (χ1v) is 8.86. The van der Waals surface area contributed by atoms with Crippen LogP contribution in [0.5, 0.6) is 0 Å². The van der Waals surface area contributed by atoms with Crippen LogP contribution < -0.4 is 16.4 Å². The summed E-state index contributed by atoms with van der Waals surface area (Å²) in [6.07, 6.45) is 0.195. The van der Waals surface area contributed by atoms with E-state index in [0.29, 0.717) is 23.7 Å². The zero-order chi connectivity index (χ0) is 19.1. The van der Waals surface area contributed by atoms with E-state index < -0.39 is 0 Å². The minimum Gasteiger partial charge on any atom is -0.352 e. The predicted molar refractivity (Wildman–Crippen MR) is 105 cm³/mol. The normalized spacial score (nSPS) is 11.9. The average molecular weight is 353 g/mol. The van der Waals surface area contributed by atoms with Crippen LogP contribution in [0, 0.1) is 12.8 Å². The molecule has 0 aliphatic heterocycles. The van der Waals surface area contributed by atoms with Crippen molar-refractivity contribution in [3.05, 3.63) is 65.2 Å². The Balaban J connectivity index is 1.97. The number of rotatable bonds is 7. The molecule has 0 fully saturated rings. The summed E-state index contributed by atoms with van der Waals surface area (Å²) in [6.45, 7) is 6.59. The molecular weight excluding hydrogens is 326 g/mol. The molecule has 1 unspecified atom stereocenters. The fraction of sp³-hybridized carbons (Fsp3) is 0.333. The summed E-state index contributed by atoms with van der Waals surface area (Å²) in [5.41, 5.74) is 9.14. The van der Waals surface area contributed by atoms with E-state index in [2.05, 4.69) is 10.6 Å². The summed E-state index contributed by atoms with van der Waals surface area (Å²) in [7, 11) is 0. The van der Waals surface area contributed by atoms with Crippen LogP contribution in [-0.2, 0) is 4.79 Å². The molecule has 5 heteroatoms. The van der Waals surface area contributed by atoms with Crippen LogP contribution in [0.4, 0.5) is 5.69 Å². The van der Waals surface area contributed by atoms with E-state index in [4.69, 9.17) is 5.73 Å². The zero-order valence-electron chi connectivity index (χ0n) is 15.6. The second-order valence-corrected chi connectivity index (χ2v) is 6.90. The molecule has 0 spiro atoms. The third-order valence-corrected chi connectivity index (χ3v) is 4.07. The van der Waals surface area contributed by atoms with Crippen molar-refractivity contribution in [2.75, 3.05) is 11.9 Å². The van der Waals surface area contributed by atoms with Crippen molar-refractivity contribution >= 4 is 17.5 Å². The summed E-state index contributed by atoms with van der Waals surface area (Å²) in [4.78, 5) is 24.4. The lowest BCUT2D eigenvalue weighted by Crippen LogP contribution is -2.27. The number of carbonyl (C=O) groups is 2. The van der Waals surface area contributed by atoms with Gasteiger partial charge in [-0.25, -0.2) is 0 Å². The number of amides is 2. The Morgan fingerprint density at radius 2 is 1.77 bits per heavy atom. The lowest BCUT2D eigenvalue weighted by Gasteiger charge is -2.14. The van der Waals surface area contributed by atoms with Crippen LogP contribution in [0.1, 0.15) is 47.8 Å². The number of aryl methyl sites for hydroxylation is 1. The quantitative estimate of drug-likeness (QED) is 0.713. The van der Waals surface area contributed by atoms with Gasteiger partial charge in [-0.3, -0.25) is 9.59 Å². The molecular formula is C21H27N3O2. The third-order valence-electron chi connectivity index (χ3n) is 4.07. The highest BCUT2D eigenvalue weighted by Crippen LogP contribution is 2.19. The Morgan fingerprint density at radius 3 is 2.38 bits per heavy atom. The summed E-state index contributed by atoms with van der Waals surface area (Å²) < 4.78 is 0. The lowest BCUT2D eigenvalue weighted by atomic mass is 10.0. The minimum atomic E-state index is -0.349. The molecule has 0 radical (unpaired) electrons. The number of nitrogens with two attached hydrogens (primary N) is 1. The molecule has 5 nitrogen and oxygen atoms in total. The molecule has 0 saturated carbocycles. The number of benzene rings is 2. The molecule has 0 heterocycles. The molecule has 0 saturated heterocycles. The highest BCUT2D eigenvalue weighted by atomic mass is 16.2. The van der Waals surface area contributed by atoms with Crippen molar-refractivity contribution in [3.63, 3.8) is 0 Å². The van der Waals surface area contributed by atoms with Gasteiger partial charge in [0.1, 0.15) is 0 Å². The van der Waals surface area contributed by atoms with Gasteiger partial charge >= 0.3 is 0 Å². The van der Waals surface area contributed by atoms with Gasteiger partial charge in [-0.1, -0.05) is 44.2 Å². The molecule has 2 aromatic rings. The number of anilines is 1. The maximum Gasteiger partial charge on any atom is 0.251 e. The Kier molecular flexibility index (Phi) is 6.92. The van der Waals surface area contributed by atoms with Gasteiger partial charge in [0, 0.05) is 30.3 Å². The van der Waals surface area contributed by atoms with Gasteiger partial charge in [0.25, 0.3) is 5.91 Å². The minimum absolute atomic E-state index is 0.106. The van der Waals surface area contributed by atoms with Crippen molar-refractivity contribution in [2.24, 2.45) is 11.7 Å². The van der Waals surface area contributed by atoms with E-state index in [1.807, 2.05) is 51.1 Å². The van der Waals surface area contributed by atoms with E-state index in [1.165, 1.54) is 0 Å². The van der Waals surface area contributed by atoms with E-state index in [1.54, 1.807) is 18.2 Å². The molecule has 2 amide bonds. The van der Waals surface area contributed by atoms with Crippen LogP contribution in [0.25, 0.3) is 0 Å². The van der Waals surface area contributed by atoms with Crippen molar-refractivity contribution in [3.8, 4) is 0 Å². The average Bonchev–Trinajstić information content (AvgIpc) is 2.62. The lowest BCUT2D eigenvalue weighted by molar-refractivity contribution is -0.116. The Bertz CT molecular complexity index is 757. The number of carbonyl (C=O) groups excluding carboxylic acids is 2. The maximum absolute atomic E-state index is 12.3. The van der Waals surface area contributed by atoms with Gasteiger partial charge in [0.2, 0.25) is 5.91 Å². The van der Waals surface area contributed by atoms with E-state index in [-0.39, 0.29) is 24.3 Å². The first-order valence-electron chi connectivity index (χ1n) is 8.86. The molecule has 2 aromatic carbocycles. The Morgan fingerprint density at radius 1 is 1.08 bits per heavy atom. The molecule has 0 aromatic heterocycles. The van der Waals surface area contributed by atoms with Crippen LogP contribution in [0.2, 0.25) is 0 Å². The van der Waals surface area contributed by atoms with Crippen LogP contribution in [0.15, 0.2) is 48.5 Å². The van der Waals surface area contributed by atoms with Gasteiger partial charge < -0.3 is 16.4 Å². The number of nitrogens with one attached hydrogen (secondary N) is 2. The molecule has 4 N–H and O–H groups in total. The largest absolute Gasteiger partial charge is 0.352 e. The van der Waals surface area contributed by atoms with Crippen LogP contribution >= 0.6 is 0 Å². The van der Waals surface area contributed by atoms with Crippen molar-refractivity contribution < 1.29 is 9.59 Å². The van der Waals surface area contributed by atoms with Gasteiger partial charge in [0.05, 0.1) is 0 Å². The molecule has 1 atom stereocenters. The number of hydrogen-bond donors (Lipinski definition) is 3. The highest BCUT2D eigenvalue weighted by Gasteiger charge is 2.13. The highest BCUT2D eigenvalue weighted by molar-refractivity contribution is 5.96. The Hall–Kier alpha value is -2.66. The number of hydrogen-bond acceptors (Lipinski definition) is 3. The van der Waals surface area contributed by atoms with Crippen LogP contribution in [-0.4, -0.2) is 18.4 Å². The fourth-order valence-electron chi connectivity index (χ4n) is 2.56. The smallest absolute Gasteiger partial charge is 0.251 e. The monoisotopic (exact) mass is 353 g/mol. The first kappa shape index (κ1) is 19.7. The van der Waals surface area contributed by atoms with E-state index in [9.17, 15) is 9.59 Å². The van der Waals surface area contributed by atoms with Crippen molar-refractivity contribution in [2.45, 2.75) is 33.2 Å². The Labute approximate surface area is 155 Å². The molecule has 0 bridgehead atoms. The summed E-state index contributed by atoms with van der Waals surface area (Å²) >= 11 is 0.